The van der Waals surface area contributed by atoms with Gasteiger partial charge in [-0.3, -0.25) is 0 Å². The fourth-order valence-electron chi connectivity index (χ4n) is 1.55. The van der Waals surface area contributed by atoms with Crippen molar-refractivity contribution in [3.63, 3.8) is 0 Å². The molecule has 0 saturated heterocycles. The van der Waals surface area contributed by atoms with Gasteiger partial charge in [0, 0.05) is 4.88 Å². The van der Waals surface area contributed by atoms with E-state index in [1.54, 1.807) is 23.5 Å². The molecule has 0 fully saturated rings. The molecule has 4 heteroatoms. The summed E-state index contributed by atoms with van der Waals surface area (Å²) in [5.41, 5.74) is 2.37. The normalized spacial score (nSPS) is 10.1. The van der Waals surface area contributed by atoms with Crippen LogP contribution in [0, 0.1) is 18.8 Å². The van der Waals surface area contributed by atoms with E-state index in [2.05, 4.69) is 23.5 Å². The molecular weight excluding hydrogens is 220 g/mol. The molecule has 16 heavy (non-hydrogen) atoms. The summed E-state index contributed by atoms with van der Waals surface area (Å²) < 4.78 is 0. The standard InChI is InChI=1S/C12H12N2OS/c1-8-7-9(2)16-12(8)13-10-5-3-4-6-11(10)14-15/h3-7,13H,1-2H3. The molecule has 0 saturated carbocycles. The van der Waals surface area contributed by atoms with Crippen molar-refractivity contribution < 1.29 is 0 Å². The largest absolute Gasteiger partial charge is 0.345 e. The van der Waals surface area contributed by atoms with E-state index in [0.29, 0.717) is 5.69 Å². The highest BCUT2D eigenvalue weighted by molar-refractivity contribution is 7.16. The number of benzene rings is 1. The zero-order valence-corrected chi connectivity index (χ0v) is 9.97. The van der Waals surface area contributed by atoms with Gasteiger partial charge in [-0.2, -0.15) is 0 Å². The average Bonchev–Trinajstić information content (AvgIpc) is 2.58. The number of thiophene rings is 1. The third kappa shape index (κ3) is 2.12. The summed E-state index contributed by atoms with van der Waals surface area (Å²) in [5.74, 6) is 0. The second-order valence-electron chi connectivity index (χ2n) is 3.60. The predicted octanol–water partition coefficient (Wildman–Crippen LogP) is 4.51. The lowest BCUT2D eigenvalue weighted by molar-refractivity contribution is 1.45. The van der Waals surface area contributed by atoms with E-state index >= 15 is 0 Å². The van der Waals surface area contributed by atoms with Crippen LogP contribution in [-0.2, 0) is 0 Å². The van der Waals surface area contributed by atoms with Gasteiger partial charge in [-0.1, -0.05) is 12.1 Å². The minimum Gasteiger partial charge on any atom is -0.345 e. The summed E-state index contributed by atoms with van der Waals surface area (Å²) in [6.45, 7) is 4.11. The number of nitroso groups, excluding NO2 is 1. The highest BCUT2D eigenvalue weighted by atomic mass is 32.1. The molecule has 2 aromatic rings. The molecule has 1 heterocycles. The van der Waals surface area contributed by atoms with Crippen molar-refractivity contribution in [2.75, 3.05) is 5.32 Å². The van der Waals surface area contributed by atoms with Crippen molar-refractivity contribution >= 4 is 27.7 Å². The van der Waals surface area contributed by atoms with Gasteiger partial charge in [-0.05, 0) is 42.8 Å². The maximum atomic E-state index is 10.6. The van der Waals surface area contributed by atoms with Crippen LogP contribution in [-0.4, -0.2) is 0 Å². The van der Waals surface area contributed by atoms with Gasteiger partial charge in [-0.25, -0.2) is 0 Å². The van der Waals surface area contributed by atoms with Gasteiger partial charge in [0.2, 0.25) is 0 Å². The Bertz CT molecular complexity index is 519. The Balaban J connectivity index is 2.33. The second kappa shape index (κ2) is 4.45. The SMILES string of the molecule is Cc1cc(C)c(Nc2ccccc2N=O)s1. The summed E-state index contributed by atoms with van der Waals surface area (Å²) in [4.78, 5) is 11.9. The van der Waals surface area contributed by atoms with Gasteiger partial charge in [0.25, 0.3) is 0 Å². The van der Waals surface area contributed by atoms with Crippen LogP contribution in [0.25, 0.3) is 0 Å². The fraction of sp³-hybridized carbons (Fsp3) is 0.167. The molecule has 1 aromatic carbocycles. The molecule has 0 aliphatic heterocycles. The first-order chi connectivity index (χ1) is 7.70. The van der Waals surface area contributed by atoms with Crippen LogP contribution in [0.15, 0.2) is 35.5 Å². The Hall–Kier alpha value is -1.68. The predicted molar refractivity (Wildman–Crippen MR) is 69.0 cm³/mol. The molecule has 0 bridgehead atoms. The van der Waals surface area contributed by atoms with Gasteiger partial charge >= 0.3 is 0 Å². The maximum absolute atomic E-state index is 10.6. The fourth-order valence-corrected chi connectivity index (χ4v) is 2.49. The number of anilines is 2. The lowest BCUT2D eigenvalue weighted by Crippen LogP contribution is -1.88. The maximum Gasteiger partial charge on any atom is 0.131 e. The Kier molecular flexibility index (Phi) is 3.01. The zero-order chi connectivity index (χ0) is 11.5. The molecule has 0 aliphatic rings. The molecule has 0 unspecified atom stereocenters. The number of hydrogen-bond acceptors (Lipinski definition) is 4. The molecule has 2 rings (SSSR count). The van der Waals surface area contributed by atoms with Crippen molar-refractivity contribution in [2.45, 2.75) is 13.8 Å². The first-order valence-electron chi connectivity index (χ1n) is 4.97. The van der Waals surface area contributed by atoms with E-state index in [1.807, 2.05) is 19.1 Å². The molecule has 0 amide bonds. The topological polar surface area (TPSA) is 41.5 Å². The van der Waals surface area contributed by atoms with Gasteiger partial charge in [0.1, 0.15) is 5.69 Å². The van der Waals surface area contributed by atoms with Crippen molar-refractivity contribution in [3.8, 4) is 0 Å². The third-order valence-corrected chi connectivity index (χ3v) is 3.36. The van der Waals surface area contributed by atoms with Crippen LogP contribution in [0.3, 0.4) is 0 Å². The molecule has 0 spiro atoms. The van der Waals surface area contributed by atoms with Crippen LogP contribution < -0.4 is 5.32 Å². The van der Waals surface area contributed by atoms with E-state index in [-0.39, 0.29) is 0 Å². The van der Waals surface area contributed by atoms with Crippen molar-refractivity contribution in [3.05, 3.63) is 45.7 Å². The van der Waals surface area contributed by atoms with Crippen molar-refractivity contribution in [1.29, 1.82) is 0 Å². The number of nitrogens with one attached hydrogen (secondary N) is 1. The molecule has 1 aromatic heterocycles. The van der Waals surface area contributed by atoms with Crippen LogP contribution in [0.5, 0.6) is 0 Å². The van der Waals surface area contributed by atoms with Crippen LogP contribution in [0.4, 0.5) is 16.4 Å². The first kappa shape index (κ1) is 10.8. The van der Waals surface area contributed by atoms with E-state index < -0.39 is 0 Å². The molecule has 1 N–H and O–H groups in total. The van der Waals surface area contributed by atoms with E-state index in [9.17, 15) is 4.91 Å². The van der Waals surface area contributed by atoms with Gasteiger partial charge in [-0.15, -0.1) is 16.2 Å². The smallest absolute Gasteiger partial charge is 0.131 e. The first-order valence-corrected chi connectivity index (χ1v) is 5.79. The minimum absolute atomic E-state index is 0.438. The Morgan fingerprint density at radius 2 is 2.00 bits per heavy atom. The Labute approximate surface area is 98.1 Å². The second-order valence-corrected chi connectivity index (χ2v) is 4.86. The Morgan fingerprint density at radius 1 is 1.25 bits per heavy atom. The van der Waals surface area contributed by atoms with Gasteiger partial charge in [0.15, 0.2) is 0 Å². The van der Waals surface area contributed by atoms with Crippen molar-refractivity contribution in [2.24, 2.45) is 5.18 Å². The van der Waals surface area contributed by atoms with E-state index in [1.165, 1.54) is 10.4 Å². The number of nitrogens with zero attached hydrogens (tertiary/aromatic N) is 1. The molecule has 0 atom stereocenters. The van der Waals surface area contributed by atoms with Crippen LogP contribution in [0.2, 0.25) is 0 Å². The summed E-state index contributed by atoms with van der Waals surface area (Å²) >= 11 is 1.67. The summed E-state index contributed by atoms with van der Waals surface area (Å²) in [7, 11) is 0. The lowest BCUT2D eigenvalue weighted by atomic mass is 10.2. The van der Waals surface area contributed by atoms with Crippen LogP contribution >= 0.6 is 11.3 Å². The molecular formula is C12H12N2OS. The lowest BCUT2D eigenvalue weighted by Gasteiger charge is -2.06. The van der Waals surface area contributed by atoms with Gasteiger partial charge < -0.3 is 5.32 Å². The monoisotopic (exact) mass is 232 g/mol. The van der Waals surface area contributed by atoms with Gasteiger partial charge in [0.05, 0.1) is 10.7 Å². The zero-order valence-electron chi connectivity index (χ0n) is 9.15. The van der Waals surface area contributed by atoms with Crippen molar-refractivity contribution in [1.82, 2.24) is 0 Å². The number of para-hydroxylation sites is 1. The highest BCUT2D eigenvalue weighted by Gasteiger charge is 2.06. The molecule has 82 valence electrons. The molecule has 3 nitrogen and oxygen atoms in total. The number of rotatable bonds is 3. The third-order valence-electron chi connectivity index (χ3n) is 2.29. The molecule has 0 radical (unpaired) electrons. The van der Waals surface area contributed by atoms with E-state index in [0.717, 1.165) is 10.7 Å². The number of hydrogen-bond donors (Lipinski definition) is 1. The average molecular weight is 232 g/mol. The quantitative estimate of drug-likeness (QED) is 0.791. The number of aryl methyl sites for hydroxylation is 2. The minimum atomic E-state index is 0.438. The Morgan fingerprint density at radius 3 is 2.62 bits per heavy atom. The van der Waals surface area contributed by atoms with Crippen LogP contribution in [0.1, 0.15) is 10.4 Å². The summed E-state index contributed by atoms with van der Waals surface area (Å²) in [6, 6.07) is 9.35. The molecule has 0 aliphatic carbocycles. The highest BCUT2D eigenvalue weighted by Crippen LogP contribution is 2.33. The summed E-state index contributed by atoms with van der Waals surface area (Å²) in [6.07, 6.45) is 0. The van der Waals surface area contributed by atoms with E-state index in [4.69, 9.17) is 0 Å². The summed E-state index contributed by atoms with van der Waals surface area (Å²) in [5, 5.41) is 7.30.